The molecule has 0 atom stereocenters. The zero-order valence-electron chi connectivity index (χ0n) is 9.07. The number of hydrogen-bond donors (Lipinski definition) is 2. The molecule has 0 unspecified atom stereocenters. The molecule has 0 aliphatic carbocycles. The molecule has 1 rings (SSSR count). The van der Waals surface area contributed by atoms with Gasteiger partial charge in [0.1, 0.15) is 0 Å². The van der Waals surface area contributed by atoms with Crippen LogP contribution >= 0.6 is 0 Å². The molecule has 0 radical (unpaired) electrons. The van der Waals surface area contributed by atoms with Gasteiger partial charge >= 0.3 is 0 Å². The zero-order valence-corrected chi connectivity index (χ0v) is 9.07. The van der Waals surface area contributed by atoms with E-state index in [1.165, 1.54) is 18.2 Å². The summed E-state index contributed by atoms with van der Waals surface area (Å²) in [6, 6.07) is 6.00. The highest BCUT2D eigenvalue weighted by atomic mass is 19.1. The summed E-state index contributed by atoms with van der Waals surface area (Å²) in [5, 5.41) is 10.7. The second kappa shape index (κ2) is 6.33. The summed E-state index contributed by atoms with van der Waals surface area (Å²) < 4.78 is 18.2. The summed E-state index contributed by atoms with van der Waals surface area (Å²) >= 11 is 0. The van der Waals surface area contributed by atoms with Gasteiger partial charge in [-0.3, -0.25) is 4.79 Å². The van der Waals surface area contributed by atoms with E-state index >= 15 is 0 Å². The minimum Gasteiger partial charge on any atom is -0.479 e. The van der Waals surface area contributed by atoms with E-state index in [9.17, 15) is 9.18 Å². The van der Waals surface area contributed by atoms with Crippen molar-refractivity contribution in [3.8, 4) is 11.8 Å². The number of hydrogen-bond acceptors (Lipinski definition) is 4. The Morgan fingerprint density at radius 3 is 3.00 bits per heavy atom. The number of benzene rings is 1. The van der Waals surface area contributed by atoms with Crippen molar-refractivity contribution in [3.05, 3.63) is 24.0 Å². The number of nitriles is 1. The summed E-state index contributed by atoms with van der Waals surface area (Å²) in [6.45, 7) is -0.0952. The molecule has 0 aliphatic rings. The van der Waals surface area contributed by atoms with Crippen LogP contribution in [0.1, 0.15) is 6.42 Å². The third-order valence-corrected chi connectivity index (χ3v) is 1.90. The Kier molecular flexibility index (Phi) is 4.76. The third kappa shape index (κ3) is 3.99. The molecule has 3 N–H and O–H groups in total. The summed E-state index contributed by atoms with van der Waals surface area (Å²) in [6.07, 6.45) is 0.216. The van der Waals surface area contributed by atoms with Crippen LogP contribution in [0.4, 0.5) is 10.1 Å². The topological polar surface area (TPSA) is 88.1 Å². The van der Waals surface area contributed by atoms with E-state index in [1.54, 1.807) is 0 Å². The maximum atomic E-state index is 13.2. The first-order valence-electron chi connectivity index (χ1n) is 4.95. The van der Waals surface area contributed by atoms with Crippen molar-refractivity contribution in [2.75, 3.05) is 18.9 Å². The second-order valence-electron chi connectivity index (χ2n) is 3.20. The molecule has 90 valence electrons. The normalized spacial score (nSPS) is 9.41. The highest BCUT2D eigenvalue weighted by Gasteiger charge is 2.09. The van der Waals surface area contributed by atoms with Gasteiger partial charge in [-0.25, -0.2) is 4.39 Å². The van der Waals surface area contributed by atoms with Gasteiger partial charge in [0.15, 0.2) is 18.2 Å². The number of anilines is 1. The summed E-state index contributed by atoms with van der Waals surface area (Å²) in [5.74, 6) is -1.18. The maximum absolute atomic E-state index is 13.2. The number of carbonyl (C=O) groups excluding carboxylic acids is 1. The lowest BCUT2D eigenvalue weighted by Gasteiger charge is -2.09. The second-order valence-corrected chi connectivity index (χ2v) is 3.20. The zero-order chi connectivity index (χ0) is 12.7. The van der Waals surface area contributed by atoms with Gasteiger partial charge in [-0.15, -0.1) is 0 Å². The Hall–Kier alpha value is -2.29. The van der Waals surface area contributed by atoms with Crippen LogP contribution in [0.25, 0.3) is 0 Å². The molecule has 0 aliphatic heterocycles. The fourth-order valence-corrected chi connectivity index (χ4v) is 1.12. The van der Waals surface area contributed by atoms with Crippen molar-refractivity contribution in [1.82, 2.24) is 5.32 Å². The quantitative estimate of drug-likeness (QED) is 0.586. The van der Waals surface area contributed by atoms with Crippen LogP contribution in [0.15, 0.2) is 18.2 Å². The molecule has 0 bridgehead atoms. The number of nitrogens with one attached hydrogen (secondary N) is 1. The molecule has 5 nitrogen and oxygen atoms in total. The maximum Gasteiger partial charge on any atom is 0.257 e. The molecule has 1 aromatic carbocycles. The smallest absolute Gasteiger partial charge is 0.257 e. The molecule has 6 heteroatoms. The summed E-state index contributed by atoms with van der Waals surface area (Å²) in [4.78, 5) is 11.2. The summed E-state index contributed by atoms with van der Waals surface area (Å²) in [7, 11) is 0. The average molecular weight is 237 g/mol. The number of nitrogens with zero attached hydrogens (tertiary/aromatic N) is 1. The average Bonchev–Trinajstić information content (AvgIpc) is 2.29. The van der Waals surface area contributed by atoms with Gasteiger partial charge in [-0.1, -0.05) is 6.07 Å². The predicted octanol–water partition coefficient (Wildman–Crippen LogP) is 0.817. The number of amides is 1. The van der Waals surface area contributed by atoms with Crippen LogP contribution in [0.5, 0.6) is 5.75 Å². The molecule has 1 amide bonds. The summed E-state index contributed by atoms with van der Waals surface area (Å²) in [5.41, 5.74) is 5.62. The first kappa shape index (κ1) is 12.8. The molecule has 0 saturated carbocycles. The third-order valence-electron chi connectivity index (χ3n) is 1.90. The SMILES string of the molecule is N#CCCNC(=O)COc1c(N)cccc1F. The van der Waals surface area contributed by atoms with E-state index in [4.69, 9.17) is 15.7 Å². The molecule has 0 saturated heterocycles. The number of rotatable bonds is 5. The standard InChI is InChI=1S/C11H12FN3O2/c12-8-3-1-4-9(14)11(8)17-7-10(16)15-6-2-5-13/h1,3-4H,2,6-7,14H2,(H,15,16). The van der Waals surface area contributed by atoms with Crippen LogP contribution in [-0.2, 0) is 4.79 Å². The largest absolute Gasteiger partial charge is 0.479 e. The Labute approximate surface area is 98.0 Å². The monoisotopic (exact) mass is 237 g/mol. The minimum absolute atomic E-state index is 0.134. The number of nitrogens with two attached hydrogens (primary N) is 1. The lowest BCUT2D eigenvalue weighted by molar-refractivity contribution is -0.123. The van der Waals surface area contributed by atoms with Crippen LogP contribution in [0, 0.1) is 17.1 Å². The van der Waals surface area contributed by atoms with Gasteiger partial charge in [-0.05, 0) is 12.1 Å². The van der Waals surface area contributed by atoms with Gasteiger partial charge in [0.2, 0.25) is 0 Å². The van der Waals surface area contributed by atoms with E-state index in [0.717, 1.165) is 0 Å². The molecule has 0 fully saturated rings. The van der Waals surface area contributed by atoms with Crippen molar-refractivity contribution in [2.45, 2.75) is 6.42 Å². The first-order valence-corrected chi connectivity index (χ1v) is 4.95. The lowest BCUT2D eigenvalue weighted by atomic mass is 10.3. The van der Waals surface area contributed by atoms with E-state index in [-0.39, 0.29) is 31.0 Å². The minimum atomic E-state index is -0.616. The Bertz CT molecular complexity index is 423. The number of carbonyl (C=O) groups is 1. The van der Waals surface area contributed by atoms with Crippen molar-refractivity contribution in [1.29, 1.82) is 5.26 Å². The van der Waals surface area contributed by atoms with Crippen LogP contribution in [0.2, 0.25) is 0 Å². The van der Waals surface area contributed by atoms with Crippen LogP contribution in [-0.4, -0.2) is 19.1 Å². The van der Waals surface area contributed by atoms with E-state index in [0.29, 0.717) is 0 Å². The van der Waals surface area contributed by atoms with E-state index in [2.05, 4.69) is 5.32 Å². The Morgan fingerprint density at radius 1 is 1.59 bits per heavy atom. The number of para-hydroxylation sites is 1. The van der Waals surface area contributed by atoms with Crippen molar-refractivity contribution in [3.63, 3.8) is 0 Å². The highest BCUT2D eigenvalue weighted by molar-refractivity contribution is 5.77. The Balaban J connectivity index is 2.45. The molecule has 0 aromatic heterocycles. The van der Waals surface area contributed by atoms with Crippen molar-refractivity contribution < 1.29 is 13.9 Å². The number of halogens is 1. The van der Waals surface area contributed by atoms with Gasteiger partial charge in [0, 0.05) is 6.54 Å². The molecule has 1 aromatic rings. The molecule has 0 heterocycles. The van der Waals surface area contributed by atoms with Gasteiger partial charge in [0.25, 0.3) is 5.91 Å². The van der Waals surface area contributed by atoms with Gasteiger partial charge in [0.05, 0.1) is 18.2 Å². The molecule has 17 heavy (non-hydrogen) atoms. The molecular weight excluding hydrogens is 225 g/mol. The first-order chi connectivity index (χ1) is 8.15. The fourth-order valence-electron chi connectivity index (χ4n) is 1.12. The van der Waals surface area contributed by atoms with Crippen LogP contribution < -0.4 is 15.8 Å². The van der Waals surface area contributed by atoms with Crippen LogP contribution in [0.3, 0.4) is 0 Å². The van der Waals surface area contributed by atoms with Gasteiger partial charge in [-0.2, -0.15) is 5.26 Å². The Morgan fingerprint density at radius 2 is 2.35 bits per heavy atom. The van der Waals surface area contributed by atoms with Crippen molar-refractivity contribution >= 4 is 11.6 Å². The van der Waals surface area contributed by atoms with E-state index < -0.39 is 11.7 Å². The number of ether oxygens (including phenoxy) is 1. The highest BCUT2D eigenvalue weighted by Crippen LogP contribution is 2.24. The lowest BCUT2D eigenvalue weighted by Crippen LogP contribution is -2.29. The molecular formula is C11H12FN3O2. The van der Waals surface area contributed by atoms with E-state index in [1.807, 2.05) is 6.07 Å². The van der Waals surface area contributed by atoms with Crippen molar-refractivity contribution in [2.24, 2.45) is 0 Å². The van der Waals surface area contributed by atoms with Gasteiger partial charge < -0.3 is 15.8 Å². The number of nitrogen functional groups attached to an aromatic ring is 1. The predicted molar refractivity (Wildman–Crippen MR) is 59.5 cm³/mol. The fraction of sp³-hybridized carbons (Fsp3) is 0.273. The molecule has 0 spiro atoms.